The Balaban J connectivity index is 1.83. The lowest BCUT2D eigenvalue weighted by atomic mass is 10.3. The maximum absolute atomic E-state index is 12.5. The first-order chi connectivity index (χ1) is 12.3. The van der Waals surface area contributed by atoms with Crippen LogP contribution in [-0.4, -0.2) is 18.3 Å². The van der Waals surface area contributed by atoms with Crippen LogP contribution in [-0.2, 0) is 16.6 Å². The van der Waals surface area contributed by atoms with Crippen molar-refractivity contribution >= 4 is 38.6 Å². The summed E-state index contributed by atoms with van der Waals surface area (Å²) in [6.45, 7) is 1.73. The maximum Gasteiger partial charge on any atom is 0.270 e. The van der Waals surface area contributed by atoms with Crippen LogP contribution in [0.5, 0.6) is 0 Å². The molecule has 0 bridgehead atoms. The molecule has 11 heteroatoms. The van der Waals surface area contributed by atoms with E-state index in [9.17, 15) is 18.5 Å². The van der Waals surface area contributed by atoms with Crippen LogP contribution in [0.3, 0.4) is 0 Å². The number of halogens is 1. The number of nitro groups is 1. The number of nitrogens with zero attached hydrogens (tertiary/aromatic N) is 2. The van der Waals surface area contributed by atoms with Gasteiger partial charge in [0.25, 0.3) is 5.69 Å². The van der Waals surface area contributed by atoms with Crippen molar-refractivity contribution < 1.29 is 17.8 Å². The number of benzene rings is 1. The molecule has 0 aliphatic heterocycles. The summed E-state index contributed by atoms with van der Waals surface area (Å²) in [5.41, 5.74) is 0.304. The number of sulfonamides is 1. The first kappa shape index (κ1) is 18.5. The zero-order chi connectivity index (χ0) is 18.9. The van der Waals surface area contributed by atoms with E-state index in [1.165, 1.54) is 23.7 Å². The average Bonchev–Trinajstić information content (AvgIpc) is 3.22. The molecule has 2 heterocycles. The third-order valence-electron chi connectivity index (χ3n) is 3.46. The Morgan fingerprint density at radius 1 is 1.38 bits per heavy atom. The highest BCUT2D eigenvalue weighted by Gasteiger charge is 2.22. The molecule has 1 N–H and O–H groups in total. The van der Waals surface area contributed by atoms with Gasteiger partial charge in [-0.05, 0) is 25.1 Å². The van der Waals surface area contributed by atoms with Gasteiger partial charge in [-0.25, -0.2) is 18.1 Å². The number of nitrogens with one attached hydrogen (secondary N) is 1. The Bertz CT molecular complexity index is 1060. The van der Waals surface area contributed by atoms with Crippen molar-refractivity contribution in [3.05, 3.63) is 62.3 Å². The summed E-state index contributed by atoms with van der Waals surface area (Å²) >= 11 is 7.20. The molecule has 8 nitrogen and oxygen atoms in total. The Morgan fingerprint density at radius 2 is 2.15 bits per heavy atom. The van der Waals surface area contributed by atoms with Crippen LogP contribution in [0.1, 0.15) is 10.6 Å². The molecule has 0 unspecified atom stereocenters. The van der Waals surface area contributed by atoms with E-state index < -0.39 is 14.9 Å². The molecule has 0 saturated heterocycles. The monoisotopic (exact) mass is 413 g/mol. The van der Waals surface area contributed by atoms with Gasteiger partial charge in [-0.15, -0.1) is 11.3 Å². The van der Waals surface area contributed by atoms with Crippen molar-refractivity contribution in [2.24, 2.45) is 0 Å². The van der Waals surface area contributed by atoms with Gasteiger partial charge in [-0.2, -0.15) is 0 Å². The van der Waals surface area contributed by atoms with E-state index in [4.69, 9.17) is 16.0 Å². The maximum atomic E-state index is 12.5. The zero-order valence-electron chi connectivity index (χ0n) is 13.3. The van der Waals surface area contributed by atoms with Crippen LogP contribution >= 0.6 is 22.9 Å². The Kier molecular flexibility index (Phi) is 5.10. The van der Waals surface area contributed by atoms with Gasteiger partial charge in [0.2, 0.25) is 10.0 Å². The van der Waals surface area contributed by atoms with Gasteiger partial charge in [0.05, 0.1) is 21.9 Å². The van der Waals surface area contributed by atoms with Gasteiger partial charge in [-0.3, -0.25) is 10.1 Å². The van der Waals surface area contributed by atoms with Gasteiger partial charge >= 0.3 is 0 Å². The standard InChI is InChI=1S/C15H12ClN3O5S2/c1-9-13(25-15(18-9)12-3-2-6-24-12)8-17-26(22,23)14-7-10(19(20)21)4-5-11(14)16/h2-7,17H,8H2,1H3. The molecule has 26 heavy (non-hydrogen) atoms. The molecule has 0 atom stereocenters. The molecule has 136 valence electrons. The van der Waals surface area contributed by atoms with E-state index in [1.807, 2.05) is 0 Å². The summed E-state index contributed by atoms with van der Waals surface area (Å²) in [5.74, 6) is 0.592. The number of aromatic nitrogens is 1. The van der Waals surface area contributed by atoms with Crippen LogP contribution in [0.4, 0.5) is 5.69 Å². The van der Waals surface area contributed by atoms with Crippen LogP contribution in [0.15, 0.2) is 45.9 Å². The predicted molar refractivity (Wildman–Crippen MR) is 96.7 cm³/mol. The SMILES string of the molecule is Cc1nc(-c2ccco2)sc1CNS(=O)(=O)c1cc([N+](=O)[O-])ccc1Cl. The topological polar surface area (TPSA) is 115 Å². The fraction of sp³-hybridized carbons (Fsp3) is 0.133. The van der Waals surface area contributed by atoms with Crippen molar-refractivity contribution in [1.82, 2.24) is 9.71 Å². The molecule has 3 aromatic rings. The summed E-state index contributed by atoms with van der Waals surface area (Å²) in [6.07, 6.45) is 1.53. The number of nitro benzene ring substituents is 1. The van der Waals surface area contributed by atoms with E-state index in [0.717, 1.165) is 12.1 Å². The molecule has 0 radical (unpaired) electrons. The van der Waals surface area contributed by atoms with E-state index in [0.29, 0.717) is 21.3 Å². The smallest absolute Gasteiger partial charge is 0.270 e. The predicted octanol–water partition coefficient (Wildman–Crippen LogP) is 3.75. The largest absolute Gasteiger partial charge is 0.462 e. The molecule has 2 aromatic heterocycles. The van der Waals surface area contributed by atoms with Crippen molar-refractivity contribution in [3.63, 3.8) is 0 Å². The van der Waals surface area contributed by atoms with E-state index in [2.05, 4.69) is 9.71 Å². The van der Waals surface area contributed by atoms with Crippen LogP contribution in [0.2, 0.25) is 5.02 Å². The second-order valence-electron chi connectivity index (χ2n) is 5.20. The first-order valence-corrected chi connectivity index (χ1v) is 9.89. The number of hydrogen-bond acceptors (Lipinski definition) is 7. The number of rotatable bonds is 6. The van der Waals surface area contributed by atoms with Crippen LogP contribution in [0.25, 0.3) is 10.8 Å². The number of non-ortho nitro benzene ring substituents is 1. The van der Waals surface area contributed by atoms with Gasteiger partial charge in [0.1, 0.15) is 4.90 Å². The van der Waals surface area contributed by atoms with Crippen molar-refractivity contribution in [1.29, 1.82) is 0 Å². The highest BCUT2D eigenvalue weighted by molar-refractivity contribution is 7.89. The molecule has 3 rings (SSSR count). The molecular formula is C15H12ClN3O5S2. The summed E-state index contributed by atoms with van der Waals surface area (Å²) in [7, 11) is -4.04. The van der Waals surface area contributed by atoms with E-state index >= 15 is 0 Å². The Hall–Kier alpha value is -2.27. The quantitative estimate of drug-likeness (QED) is 0.486. The normalized spacial score (nSPS) is 11.6. The van der Waals surface area contributed by atoms with Crippen molar-refractivity contribution in [3.8, 4) is 10.8 Å². The van der Waals surface area contributed by atoms with E-state index in [-0.39, 0.29) is 22.2 Å². The minimum Gasteiger partial charge on any atom is -0.462 e. The fourth-order valence-electron chi connectivity index (χ4n) is 2.15. The minimum atomic E-state index is -4.04. The number of furan rings is 1. The highest BCUT2D eigenvalue weighted by Crippen LogP contribution is 2.29. The summed E-state index contributed by atoms with van der Waals surface area (Å²) in [5, 5.41) is 11.4. The third kappa shape index (κ3) is 3.78. The highest BCUT2D eigenvalue weighted by atomic mass is 35.5. The van der Waals surface area contributed by atoms with Gasteiger partial charge in [0.15, 0.2) is 10.8 Å². The number of aryl methyl sites for hydroxylation is 1. The molecule has 0 aliphatic rings. The van der Waals surface area contributed by atoms with Crippen LogP contribution < -0.4 is 4.72 Å². The summed E-state index contributed by atoms with van der Waals surface area (Å²) < 4.78 is 32.7. The van der Waals surface area contributed by atoms with Crippen LogP contribution in [0, 0.1) is 17.0 Å². The Labute approximate surface area is 157 Å². The average molecular weight is 414 g/mol. The molecule has 0 spiro atoms. The minimum absolute atomic E-state index is 0.0223. The summed E-state index contributed by atoms with van der Waals surface area (Å²) in [4.78, 5) is 14.9. The van der Waals surface area contributed by atoms with Crippen molar-refractivity contribution in [2.45, 2.75) is 18.4 Å². The molecular weight excluding hydrogens is 402 g/mol. The first-order valence-electron chi connectivity index (χ1n) is 7.22. The van der Waals surface area contributed by atoms with Gasteiger partial charge < -0.3 is 4.42 Å². The molecule has 1 aromatic carbocycles. The lowest BCUT2D eigenvalue weighted by Gasteiger charge is -2.07. The second kappa shape index (κ2) is 7.16. The number of thiazole rings is 1. The van der Waals surface area contributed by atoms with Gasteiger partial charge in [-0.1, -0.05) is 11.6 Å². The second-order valence-corrected chi connectivity index (χ2v) is 8.43. The molecule has 0 saturated carbocycles. The molecule has 0 fully saturated rings. The molecule has 0 amide bonds. The van der Waals surface area contributed by atoms with Gasteiger partial charge in [0, 0.05) is 23.6 Å². The van der Waals surface area contributed by atoms with E-state index in [1.54, 1.807) is 19.1 Å². The summed E-state index contributed by atoms with van der Waals surface area (Å²) in [6, 6.07) is 6.75. The zero-order valence-corrected chi connectivity index (χ0v) is 15.7. The lowest BCUT2D eigenvalue weighted by molar-refractivity contribution is -0.385. The Morgan fingerprint density at radius 3 is 2.81 bits per heavy atom. The van der Waals surface area contributed by atoms with Crippen molar-refractivity contribution in [2.75, 3.05) is 0 Å². The number of hydrogen-bond donors (Lipinski definition) is 1. The third-order valence-corrected chi connectivity index (χ3v) is 6.52. The molecule has 0 aliphatic carbocycles. The fourth-order valence-corrected chi connectivity index (χ4v) is 4.72. The lowest BCUT2D eigenvalue weighted by Crippen LogP contribution is -2.23.